The summed E-state index contributed by atoms with van der Waals surface area (Å²) in [6.07, 6.45) is 43.4. The van der Waals surface area contributed by atoms with Crippen molar-refractivity contribution in [1.29, 1.82) is 0 Å². The van der Waals surface area contributed by atoms with E-state index in [1.165, 1.54) is 154 Å². The summed E-state index contributed by atoms with van der Waals surface area (Å²) >= 11 is 0. The van der Waals surface area contributed by atoms with Crippen molar-refractivity contribution in [2.75, 3.05) is 13.2 Å². The molecule has 0 aliphatic carbocycles. The number of ether oxygens (including phenoxy) is 2. The average molecular weight is 952 g/mol. The van der Waals surface area contributed by atoms with Crippen LogP contribution in [0.1, 0.15) is 245 Å². The van der Waals surface area contributed by atoms with Crippen LogP contribution < -0.4 is 5.32 Å². The molecule has 67 heavy (non-hydrogen) atoms. The molecule has 8 N–H and O–H groups in total. The first kappa shape index (κ1) is 63.3. The number of aliphatic hydroxyl groups excluding tert-OH is 7. The van der Waals surface area contributed by atoms with E-state index in [1.807, 2.05) is 0 Å². The fraction of sp³-hybridized carbons (Fsp3) is 0.875. The van der Waals surface area contributed by atoms with Gasteiger partial charge in [0, 0.05) is 0 Å². The summed E-state index contributed by atoms with van der Waals surface area (Å²) < 4.78 is 11.1. The zero-order valence-corrected chi connectivity index (χ0v) is 42.9. The van der Waals surface area contributed by atoms with Crippen LogP contribution in [0.2, 0.25) is 0 Å². The van der Waals surface area contributed by atoms with E-state index in [0.717, 1.165) is 44.9 Å². The summed E-state index contributed by atoms with van der Waals surface area (Å²) in [7, 11) is 0. The first-order valence-electron chi connectivity index (χ1n) is 27.9. The van der Waals surface area contributed by atoms with Gasteiger partial charge in [-0.15, -0.1) is 0 Å². The highest BCUT2D eigenvalue weighted by Gasteiger charge is 2.44. The van der Waals surface area contributed by atoms with Crippen LogP contribution in [0.4, 0.5) is 0 Å². The Kier molecular flexibility index (Phi) is 43.0. The predicted octanol–water partition coefficient (Wildman–Crippen LogP) is 11.1. The topological polar surface area (TPSA) is 189 Å². The first-order chi connectivity index (χ1) is 32.7. The Labute approximate surface area is 409 Å². The molecule has 1 fully saturated rings. The van der Waals surface area contributed by atoms with Crippen LogP contribution in [0.3, 0.4) is 0 Å². The van der Waals surface area contributed by atoms with Gasteiger partial charge in [0.1, 0.15) is 36.6 Å². The molecule has 0 saturated carbocycles. The molecule has 0 radical (unpaired) electrons. The van der Waals surface area contributed by atoms with Crippen LogP contribution in [0.5, 0.6) is 0 Å². The Morgan fingerprint density at radius 2 is 0.896 bits per heavy atom. The minimum atomic E-state index is -1.67. The second-order valence-electron chi connectivity index (χ2n) is 19.6. The third-order valence-corrected chi connectivity index (χ3v) is 13.4. The molecule has 394 valence electrons. The molecule has 9 unspecified atom stereocenters. The summed E-state index contributed by atoms with van der Waals surface area (Å²) in [5, 5.41) is 76.0. The SMILES string of the molecule is CCCCCCCCCCCCC/C=C/CC/C=C/CC/C=C/CCCC(O)C(O)C(COC1OC(CO)C(O)C(O)C1O)NC(=O)C(O)CCCCCCCCCCCCCCCCCC. The zero-order chi connectivity index (χ0) is 49.0. The van der Waals surface area contributed by atoms with Gasteiger partial charge in [0.05, 0.1) is 25.4 Å². The predicted molar refractivity (Wildman–Crippen MR) is 275 cm³/mol. The van der Waals surface area contributed by atoms with Gasteiger partial charge in [0.15, 0.2) is 6.29 Å². The highest BCUT2D eigenvalue weighted by molar-refractivity contribution is 5.80. The van der Waals surface area contributed by atoms with E-state index < -0.39 is 74.2 Å². The van der Waals surface area contributed by atoms with Crippen molar-refractivity contribution in [3.05, 3.63) is 36.5 Å². The van der Waals surface area contributed by atoms with Gasteiger partial charge in [-0.3, -0.25) is 4.79 Å². The molecular formula is C56H105NO10. The number of aliphatic hydroxyl groups is 7. The molecule has 11 nitrogen and oxygen atoms in total. The van der Waals surface area contributed by atoms with Crippen LogP contribution in [0, 0.1) is 0 Å². The molecule has 0 aromatic heterocycles. The Hall–Kier alpha value is -1.67. The Morgan fingerprint density at radius 3 is 1.33 bits per heavy atom. The molecular weight excluding hydrogens is 847 g/mol. The molecule has 1 rings (SSSR count). The minimum Gasteiger partial charge on any atom is -0.394 e. The quantitative estimate of drug-likeness (QED) is 0.0215. The average Bonchev–Trinajstić information content (AvgIpc) is 3.33. The second-order valence-corrected chi connectivity index (χ2v) is 19.6. The summed E-state index contributed by atoms with van der Waals surface area (Å²) in [4.78, 5) is 13.1. The van der Waals surface area contributed by atoms with Gasteiger partial charge in [0.25, 0.3) is 0 Å². The van der Waals surface area contributed by atoms with E-state index in [-0.39, 0.29) is 12.8 Å². The van der Waals surface area contributed by atoms with Gasteiger partial charge in [-0.25, -0.2) is 0 Å². The lowest BCUT2D eigenvalue weighted by Gasteiger charge is -2.40. The van der Waals surface area contributed by atoms with Gasteiger partial charge in [0.2, 0.25) is 5.91 Å². The maximum absolute atomic E-state index is 13.1. The molecule has 0 spiro atoms. The van der Waals surface area contributed by atoms with E-state index >= 15 is 0 Å². The van der Waals surface area contributed by atoms with E-state index in [4.69, 9.17) is 9.47 Å². The van der Waals surface area contributed by atoms with Gasteiger partial charge in [-0.1, -0.05) is 217 Å². The van der Waals surface area contributed by atoms with Crippen molar-refractivity contribution in [3.8, 4) is 0 Å². The summed E-state index contributed by atoms with van der Waals surface area (Å²) in [5.74, 6) is -0.710. The molecule has 0 aromatic rings. The smallest absolute Gasteiger partial charge is 0.249 e. The van der Waals surface area contributed by atoms with Crippen LogP contribution in [-0.2, 0) is 14.3 Å². The summed E-state index contributed by atoms with van der Waals surface area (Å²) in [6, 6.07) is -1.19. The lowest BCUT2D eigenvalue weighted by Crippen LogP contribution is -2.60. The van der Waals surface area contributed by atoms with Crippen molar-refractivity contribution in [1.82, 2.24) is 5.32 Å². The van der Waals surface area contributed by atoms with E-state index in [1.54, 1.807) is 0 Å². The van der Waals surface area contributed by atoms with Crippen LogP contribution >= 0.6 is 0 Å². The molecule has 11 heteroatoms. The lowest BCUT2D eigenvalue weighted by atomic mass is 9.98. The number of unbranched alkanes of at least 4 members (excludes halogenated alkanes) is 29. The Balaban J connectivity index is 2.38. The normalized spacial score (nSPS) is 20.9. The molecule has 1 aliphatic rings. The number of nitrogens with one attached hydrogen (secondary N) is 1. The minimum absolute atomic E-state index is 0.242. The molecule has 0 aromatic carbocycles. The fourth-order valence-corrected chi connectivity index (χ4v) is 8.83. The van der Waals surface area contributed by atoms with Crippen LogP contribution in [0.15, 0.2) is 36.5 Å². The number of amides is 1. The number of allylic oxidation sites excluding steroid dienone is 6. The maximum atomic E-state index is 13.1. The van der Waals surface area contributed by atoms with Crippen LogP contribution in [-0.4, -0.2) is 110 Å². The van der Waals surface area contributed by atoms with E-state index in [9.17, 15) is 40.5 Å². The van der Waals surface area contributed by atoms with E-state index in [0.29, 0.717) is 19.3 Å². The number of hydrogen-bond acceptors (Lipinski definition) is 10. The van der Waals surface area contributed by atoms with Crippen LogP contribution in [0.25, 0.3) is 0 Å². The molecule has 0 bridgehead atoms. The number of carbonyl (C=O) groups excluding carboxylic acids is 1. The van der Waals surface area contributed by atoms with Crippen molar-refractivity contribution < 1.29 is 50.0 Å². The van der Waals surface area contributed by atoms with Gasteiger partial charge in [-0.05, 0) is 64.2 Å². The zero-order valence-electron chi connectivity index (χ0n) is 42.9. The largest absolute Gasteiger partial charge is 0.394 e. The standard InChI is InChI=1S/C56H105NO10/c1-3-5-7-9-11-13-15-17-19-21-22-23-24-25-26-27-28-30-31-33-35-37-39-41-43-48(59)51(61)47(46-66-56-54(64)53(63)52(62)50(45-58)67-56)57-55(65)49(60)44-42-40-38-36-34-32-29-20-18-16-14-12-10-8-6-4-2/h24-25,28,30,35,37,47-54,56,58-64H,3-23,26-27,29,31-34,36,38-46H2,1-2H3,(H,57,65)/b25-24+,30-28+,37-35+. The number of carbonyl (C=O) groups is 1. The second kappa shape index (κ2) is 45.5. The first-order valence-corrected chi connectivity index (χ1v) is 27.9. The number of rotatable bonds is 47. The molecule has 1 heterocycles. The van der Waals surface area contributed by atoms with Gasteiger partial charge >= 0.3 is 0 Å². The van der Waals surface area contributed by atoms with Crippen molar-refractivity contribution in [2.24, 2.45) is 0 Å². The van der Waals surface area contributed by atoms with E-state index in [2.05, 4.69) is 55.6 Å². The molecule has 1 amide bonds. The molecule has 1 saturated heterocycles. The third-order valence-electron chi connectivity index (χ3n) is 13.4. The highest BCUT2D eigenvalue weighted by Crippen LogP contribution is 2.23. The van der Waals surface area contributed by atoms with Gasteiger partial charge in [-0.2, -0.15) is 0 Å². The third kappa shape index (κ3) is 34.3. The Bertz CT molecular complexity index is 1180. The van der Waals surface area contributed by atoms with Crippen molar-refractivity contribution >= 4 is 5.91 Å². The van der Waals surface area contributed by atoms with Gasteiger partial charge < -0.3 is 50.5 Å². The molecule has 1 aliphatic heterocycles. The highest BCUT2D eigenvalue weighted by atomic mass is 16.7. The molecule has 9 atom stereocenters. The fourth-order valence-electron chi connectivity index (χ4n) is 8.83. The van der Waals surface area contributed by atoms with Crippen molar-refractivity contribution in [2.45, 2.75) is 300 Å². The Morgan fingerprint density at radius 1 is 0.507 bits per heavy atom. The number of hydrogen-bond donors (Lipinski definition) is 8. The summed E-state index contributed by atoms with van der Waals surface area (Å²) in [5.41, 5.74) is 0. The maximum Gasteiger partial charge on any atom is 0.249 e. The monoisotopic (exact) mass is 952 g/mol. The van der Waals surface area contributed by atoms with Crippen molar-refractivity contribution in [3.63, 3.8) is 0 Å². The summed E-state index contributed by atoms with van der Waals surface area (Å²) in [6.45, 7) is 3.45. The lowest BCUT2D eigenvalue weighted by molar-refractivity contribution is -0.303.